The van der Waals surface area contributed by atoms with Crippen molar-refractivity contribution in [2.45, 2.75) is 0 Å². The maximum atomic E-state index is 4.90. The van der Waals surface area contributed by atoms with E-state index in [1.807, 2.05) is 0 Å². The van der Waals surface area contributed by atoms with Crippen LogP contribution in [0, 0.1) is 0 Å². The van der Waals surface area contributed by atoms with Gasteiger partial charge in [0.1, 0.15) is 0 Å². The summed E-state index contributed by atoms with van der Waals surface area (Å²) in [7, 11) is 0. The van der Waals surface area contributed by atoms with Gasteiger partial charge in [0.05, 0.1) is 0 Å². The monoisotopic (exact) mass is 306 g/mol. The van der Waals surface area contributed by atoms with Crippen molar-refractivity contribution in [2.24, 2.45) is 26.9 Å². The van der Waals surface area contributed by atoms with Crippen molar-refractivity contribution in [3.05, 3.63) is 0 Å². The Bertz CT molecular complexity index is 71.6. The van der Waals surface area contributed by atoms with Crippen molar-refractivity contribution in [1.82, 2.24) is 0 Å². The van der Waals surface area contributed by atoms with Crippen molar-refractivity contribution in [2.75, 3.05) is 0 Å². The summed E-state index contributed by atoms with van der Waals surface area (Å²) in [5, 5.41) is 0. The van der Waals surface area contributed by atoms with Gasteiger partial charge in [0.2, 0.25) is 0 Å². The van der Waals surface area contributed by atoms with E-state index in [-0.39, 0.29) is 37.2 Å². The Morgan fingerprint density at radius 3 is 0.500 bits per heavy atom. The fraction of sp³-hybridized carbons (Fsp3) is 0. The van der Waals surface area contributed by atoms with Crippen LogP contribution in [0.5, 0.6) is 0 Å². The normalized spacial score (nSPS) is 16.2. The minimum absolute atomic E-state index is 0. The summed E-state index contributed by atoms with van der Waals surface area (Å²) in [5.74, 6) is 0. The summed E-state index contributed by atoms with van der Waals surface area (Å²) >= 11 is -5.05. The quantitative estimate of drug-likeness (QED) is 0.277. The Morgan fingerprint density at radius 1 is 0.500 bits per heavy atom. The van der Waals surface area contributed by atoms with Crippen LogP contribution in [0.25, 0.3) is 0 Å². The maximum absolute atomic E-state index is 5.05. The molecule has 0 fully saturated rings. The van der Waals surface area contributed by atoms with Crippen LogP contribution in [0.1, 0.15) is 0 Å². The Morgan fingerprint density at radius 2 is 0.500 bits per heavy atom. The first-order valence-corrected chi connectivity index (χ1v) is 7.25. The van der Waals surface area contributed by atoms with Gasteiger partial charge in [-0.3, -0.25) is 0 Å². The van der Waals surface area contributed by atoms with Crippen molar-refractivity contribution >= 4 is 37.2 Å². The van der Waals surface area contributed by atoms with Gasteiger partial charge in [0.15, 0.2) is 0 Å². The van der Waals surface area contributed by atoms with Crippen molar-refractivity contribution < 1.29 is 13.9 Å². The van der Waals surface area contributed by atoms with E-state index in [4.69, 9.17) is 26.9 Å². The molecule has 0 aromatic heterocycles. The number of nitrogens with two attached hydrogens (primary N) is 6. The van der Waals surface area contributed by atoms with Crippen LogP contribution in [0.2, 0.25) is 0 Å². The van der Waals surface area contributed by atoms with E-state index in [9.17, 15) is 0 Å². The molecule has 12 N–H and O–H groups in total. The molecule has 6 nitrogen and oxygen atoms in total. The van der Waals surface area contributed by atoms with Crippen LogP contribution in [0.4, 0.5) is 0 Å². The molecule has 0 radical (unpaired) electrons. The molecule has 0 rings (SSSR count). The predicted molar refractivity (Wildman–Crippen MR) is 46.9 cm³/mol. The van der Waals surface area contributed by atoms with Crippen molar-refractivity contribution in [1.29, 1.82) is 0 Å². The van der Waals surface area contributed by atoms with Gasteiger partial charge in [-0.05, 0) is 0 Å². The molecule has 0 unspecified atom stereocenters. The predicted octanol–water partition coefficient (Wildman–Crippen LogP) is -2.28. The van der Waals surface area contributed by atoms with Gasteiger partial charge in [-0.1, -0.05) is 0 Å². The molecule has 0 saturated heterocycles. The third kappa shape index (κ3) is 401. The average molecular weight is 307 g/mol. The van der Waals surface area contributed by atoms with Gasteiger partial charge >= 0.3 is 40.7 Å². The molecule has 10 heteroatoms. The summed E-state index contributed by atoms with van der Waals surface area (Å²) in [6, 6.07) is 0. The van der Waals surface area contributed by atoms with Gasteiger partial charge in [0, 0.05) is 0 Å². The van der Waals surface area contributed by atoms with Crippen molar-refractivity contribution in [3.63, 3.8) is 0 Å². The average Bonchev–Trinajstić information content (AvgIpc) is 0.592. The molecule has 0 atom stereocenters. The number of rotatable bonds is 0. The van der Waals surface area contributed by atoms with Crippen LogP contribution in [-0.4, -0.2) is 0 Å². The fourth-order valence-corrected chi connectivity index (χ4v) is 0. The first-order chi connectivity index (χ1) is 2.45. The molecule has 10 heavy (non-hydrogen) atoms. The molecule has 0 spiro atoms. The van der Waals surface area contributed by atoms with Crippen LogP contribution in [-0.2, 0) is 13.9 Å². The van der Waals surface area contributed by atoms with Gasteiger partial charge in [-0.2, -0.15) is 0 Å². The molecule has 0 aromatic carbocycles. The second kappa shape index (κ2) is 3.32. The molecule has 0 aromatic rings. The second-order valence-electron chi connectivity index (χ2n) is 1.77. The zero-order chi connectivity index (χ0) is 6.41. The zero-order valence-corrected chi connectivity index (χ0v) is 9.23. The van der Waals surface area contributed by atoms with E-state index in [1.54, 1.807) is 0 Å². The molecule has 0 aliphatic rings. The van der Waals surface area contributed by atoms with E-state index in [2.05, 4.69) is 0 Å². The molecule has 0 saturated carbocycles. The zero-order valence-electron chi connectivity index (χ0n) is 5.04. The van der Waals surface area contributed by atoms with Gasteiger partial charge in [-0.25, -0.2) is 0 Å². The van der Waals surface area contributed by atoms with Crippen LogP contribution >= 0.6 is 37.2 Å². The van der Waals surface area contributed by atoms with E-state index in [1.165, 1.54) is 0 Å². The first kappa shape index (κ1) is 22.5. The fourth-order valence-electron chi connectivity index (χ4n) is 0. The van der Waals surface area contributed by atoms with Crippen LogP contribution in [0.15, 0.2) is 0 Å². The van der Waals surface area contributed by atoms with E-state index >= 15 is 0 Å². The SMILES string of the molecule is Cl.Cl.Cl.[NH2][Ru]([NH2])([NH2])([NH2])([NH2])[NH2]. The summed E-state index contributed by atoms with van der Waals surface area (Å²) in [6.45, 7) is 0. The molecule has 0 bridgehead atoms. The number of hydrogen-bond acceptors (Lipinski definition) is 6. The van der Waals surface area contributed by atoms with E-state index in [0.717, 1.165) is 0 Å². The van der Waals surface area contributed by atoms with Crippen LogP contribution < -0.4 is 26.9 Å². The molecule has 0 aliphatic heterocycles. The summed E-state index contributed by atoms with van der Waals surface area (Å²) in [5.41, 5.74) is 0. The Balaban J connectivity index is -0.0000000600. The van der Waals surface area contributed by atoms with Gasteiger partial charge in [-0.15, -0.1) is 37.2 Å². The topological polar surface area (TPSA) is 156 Å². The molecular formula is H15Cl3N6Ru. The molecule has 0 aliphatic carbocycles. The van der Waals surface area contributed by atoms with Gasteiger partial charge in [0.25, 0.3) is 0 Å². The molecule has 74 valence electrons. The second-order valence-corrected chi connectivity index (χ2v) is 10.5. The molecule has 0 heterocycles. The third-order valence-corrected chi connectivity index (χ3v) is 0. The standard InChI is InChI=1S/3ClH.6H2N.Ru/h3*1H;6*1H2;/q;;;6*-1;+6. The molecular weight excluding hydrogens is 291 g/mol. The summed E-state index contributed by atoms with van der Waals surface area (Å²) in [4.78, 5) is 0. The summed E-state index contributed by atoms with van der Waals surface area (Å²) in [6.07, 6.45) is 0. The first-order valence-electron chi connectivity index (χ1n) is 1.22. The molecule has 0 amide bonds. The number of hydrogen-bond donors (Lipinski definition) is 6. The van der Waals surface area contributed by atoms with Crippen LogP contribution in [0.3, 0.4) is 0 Å². The minimum atomic E-state index is -5.05. The van der Waals surface area contributed by atoms with Gasteiger partial charge < -0.3 is 0 Å². The summed E-state index contributed by atoms with van der Waals surface area (Å²) < 4.78 is 29.4. The van der Waals surface area contributed by atoms with Crippen molar-refractivity contribution in [3.8, 4) is 0 Å². The Labute approximate surface area is 77.9 Å². The number of halogens is 3. The Hall–Kier alpha value is 1.25. The Kier molecular flexibility index (Phi) is 7.47. The van der Waals surface area contributed by atoms with E-state index < -0.39 is 13.9 Å². The van der Waals surface area contributed by atoms with E-state index in [0.29, 0.717) is 0 Å². The third-order valence-electron chi connectivity index (χ3n) is 0.